The van der Waals surface area contributed by atoms with Gasteiger partial charge in [-0.3, -0.25) is 23.7 Å². The van der Waals surface area contributed by atoms with Crippen LogP contribution in [0.15, 0.2) is 59.1 Å². The number of carbonyl (C=O) groups excluding carboxylic acids is 1. The van der Waals surface area contributed by atoms with Gasteiger partial charge >= 0.3 is 15.0 Å². The van der Waals surface area contributed by atoms with Crippen LogP contribution >= 0.6 is 15.0 Å². The number of rotatable bonds is 18. The van der Waals surface area contributed by atoms with Crippen molar-refractivity contribution in [3.8, 4) is 6.07 Å². The molecule has 3 aliphatic rings. The van der Waals surface area contributed by atoms with Crippen LogP contribution in [0.4, 0.5) is 15.9 Å². The van der Waals surface area contributed by atoms with E-state index in [1.807, 2.05) is 6.07 Å². The van der Waals surface area contributed by atoms with Gasteiger partial charge in [-0.1, -0.05) is 18.2 Å². The topological polar surface area (TPSA) is 277 Å². The fourth-order valence-corrected chi connectivity index (χ4v) is 9.78. The minimum atomic E-state index is -4.03. The molecule has 3 aromatic heterocycles. The van der Waals surface area contributed by atoms with E-state index in [1.54, 1.807) is 36.5 Å². The van der Waals surface area contributed by atoms with E-state index in [-0.39, 0.29) is 41.8 Å². The summed E-state index contributed by atoms with van der Waals surface area (Å²) in [7, 11) is -1.77. The van der Waals surface area contributed by atoms with E-state index < -0.39 is 82.8 Å². The Bertz CT molecular complexity index is 2360. The van der Waals surface area contributed by atoms with Crippen molar-refractivity contribution in [1.29, 1.82) is 5.26 Å². The van der Waals surface area contributed by atoms with Crippen molar-refractivity contribution in [1.82, 2.24) is 29.5 Å². The van der Waals surface area contributed by atoms with Gasteiger partial charge < -0.3 is 38.7 Å². The number of aliphatic imine (C=N–C) groups is 1. The second kappa shape index (κ2) is 19.5. The number of methoxy groups -OCH3 is 1. The molecule has 2 saturated heterocycles. The molecule has 4 aromatic rings. The number of benzene rings is 1. The quantitative estimate of drug-likeness (QED) is 0.0822. The van der Waals surface area contributed by atoms with E-state index in [0.29, 0.717) is 36.2 Å². The minimum absolute atomic E-state index is 0.0183. The van der Waals surface area contributed by atoms with E-state index in [9.17, 15) is 29.4 Å². The van der Waals surface area contributed by atoms with Gasteiger partial charge in [0.1, 0.15) is 36.4 Å². The molecule has 1 aromatic carbocycles. The molecular formula is C35H39FN9O12P2S+. The summed E-state index contributed by atoms with van der Waals surface area (Å²) in [6.45, 7) is -5.47. The normalized spacial score (nSPS) is 27.3. The molecule has 60 heavy (non-hydrogen) atoms. The average Bonchev–Trinajstić information content (AvgIpc) is 3.92. The highest BCUT2D eigenvalue weighted by atomic mass is 32.5. The standard InChI is InChI=1S/C35H38FN9O12P2S/c1-51-29-21(9-8-19-10-12-38-26-25(19)39-16-40-31(26)44-33(47)20-6-3-2-4-7-20)54-23(30(29)56-58(49)50)15-53-59(60,52-13-5-11-37)57-28-22(14-46)55-35(24(28)36)45-18-43-27-32(45)41-17-42-34(27)48/h2-4,6-7,12,16-19,21-24,28-30,35,46H,5,8-10,13-15H2,1H3,(H2-,39,40,41,42,44,47,48,49,50)/p+1/t19?,21?,22-,23-,24-,28-,29+,30?,35?,59?/m1/s1. The lowest BCUT2D eigenvalue weighted by Gasteiger charge is -2.28. The number of ether oxygens (including phenoxy) is 3. The number of nitriles is 1. The molecule has 6 unspecified atom stereocenters. The molecule has 0 radical (unpaired) electrons. The van der Waals surface area contributed by atoms with Gasteiger partial charge in [0.2, 0.25) is 0 Å². The highest BCUT2D eigenvalue weighted by Crippen LogP contribution is 2.55. The van der Waals surface area contributed by atoms with Gasteiger partial charge in [-0.05, 0) is 43.2 Å². The van der Waals surface area contributed by atoms with Crippen LogP contribution in [0.1, 0.15) is 53.9 Å². The Morgan fingerprint density at radius 2 is 1.95 bits per heavy atom. The number of H-pyrrole nitrogens is 1. The van der Waals surface area contributed by atoms with Gasteiger partial charge in [0.25, 0.3) is 11.5 Å². The lowest BCUT2D eigenvalue weighted by Crippen LogP contribution is -2.37. The number of hydrogen-bond donors (Lipinski definition) is 4. The third kappa shape index (κ3) is 9.55. The number of aliphatic hydroxyl groups is 1. The maximum atomic E-state index is 16.3. The first-order valence-corrected chi connectivity index (χ1v) is 22.2. The van der Waals surface area contributed by atoms with Crippen molar-refractivity contribution in [3.63, 3.8) is 0 Å². The first-order chi connectivity index (χ1) is 29.0. The van der Waals surface area contributed by atoms with Crippen LogP contribution in [0.5, 0.6) is 0 Å². The summed E-state index contributed by atoms with van der Waals surface area (Å²) < 4.78 is 70.6. The van der Waals surface area contributed by atoms with E-state index in [1.165, 1.54) is 24.3 Å². The van der Waals surface area contributed by atoms with Gasteiger partial charge in [-0.2, -0.15) is 5.26 Å². The number of alkyl halides is 1. The molecule has 318 valence electrons. The SMILES string of the molecule is CO[C@H]1C(CCC2CC=Nc3c(NC(=O)c4ccccc4)ncnc32)O[C@H](COP(=S)(OCCC#N)O[C@@H]2[C@@H](CO)OC(n3cnc4c(=O)[nH]cnc43)[C@@H]2F)C1O[P+](=O)O. The van der Waals surface area contributed by atoms with E-state index >= 15 is 4.39 Å². The van der Waals surface area contributed by atoms with Gasteiger partial charge in [0.05, 0.1) is 56.8 Å². The van der Waals surface area contributed by atoms with Gasteiger partial charge in [-0.25, -0.2) is 24.3 Å². The number of aromatic amines is 1. The first-order valence-electron chi connectivity index (χ1n) is 18.5. The molecule has 0 bridgehead atoms. The molecule has 2 fully saturated rings. The van der Waals surface area contributed by atoms with Crippen LogP contribution in [0.2, 0.25) is 0 Å². The smallest absolute Gasteiger partial charge is 0.394 e. The fraction of sp³-hybridized carbons (Fsp3) is 0.486. The third-order valence-corrected chi connectivity index (χ3v) is 12.8. The summed E-state index contributed by atoms with van der Waals surface area (Å²) in [5, 5.41) is 22.2. The molecule has 6 heterocycles. The third-order valence-electron chi connectivity index (χ3n) is 10.0. The molecule has 1 amide bonds. The minimum Gasteiger partial charge on any atom is -0.394 e. The van der Waals surface area contributed by atoms with Crippen LogP contribution in [-0.4, -0.2) is 121 Å². The van der Waals surface area contributed by atoms with Crippen molar-refractivity contribution < 1.29 is 56.1 Å². The van der Waals surface area contributed by atoms with E-state index in [4.69, 9.17) is 44.1 Å². The number of amides is 1. The summed E-state index contributed by atoms with van der Waals surface area (Å²) in [5.74, 6) is -0.294. The number of hydrogen-bond acceptors (Lipinski definition) is 18. The van der Waals surface area contributed by atoms with Crippen molar-refractivity contribution in [2.45, 2.75) is 80.6 Å². The highest BCUT2D eigenvalue weighted by molar-refractivity contribution is 8.07. The Morgan fingerprint density at radius 3 is 2.70 bits per heavy atom. The molecule has 0 saturated carbocycles. The second-order valence-electron chi connectivity index (χ2n) is 13.6. The number of halogens is 1. The lowest BCUT2D eigenvalue weighted by molar-refractivity contribution is -0.0479. The Hall–Kier alpha value is -4.40. The Morgan fingerprint density at radius 1 is 1.13 bits per heavy atom. The van der Waals surface area contributed by atoms with Crippen molar-refractivity contribution in [2.75, 3.05) is 32.2 Å². The summed E-state index contributed by atoms with van der Waals surface area (Å²) in [5.41, 5.74) is 0.866. The predicted octanol–water partition coefficient (Wildman–Crippen LogP) is 3.43. The molecule has 25 heteroatoms. The van der Waals surface area contributed by atoms with E-state index in [2.05, 4.69) is 35.2 Å². The molecule has 7 rings (SSSR count). The second-order valence-corrected chi connectivity index (χ2v) is 17.3. The zero-order valence-electron chi connectivity index (χ0n) is 31.6. The summed E-state index contributed by atoms with van der Waals surface area (Å²) in [4.78, 5) is 58.7. The zero-order chi connectivity index (χ0) is 42.4. The number of imidazole rings is 1. The Labute approximate surface area is 346 Å². The van der Waals surface area contributed by atoms with Gasteiger partial charge in [-0.15, -0.1) is 9.42 Å². The summed E-state index contributed by atoms with van der Waals surface area (Å²) >= 11 is 5.69. The average molecular weight is 891 g/mol. The number of nitrogens with one attached hydrogen (secondary N) is 2. The monoisotopic (exact) mass is 890 g/mol. The van der Waals surface area contributed by atoms with Gasteiger partial charge in [0.15, 0.2) is 35.5 Å². The summed E-state index contributed by atoms with van der Waals surface area (Å²) in [6, 6.07) is 10.6. The maximum absolute atomic E-state index is 16.3. The highest BCUT2D eigenvalue weighted by Gasteiger charge is 2.53. The maximum Gasteiger partial charge on any atom is 0.695 e. The van der Waals surface area contributed by atoms with E-state index in [0.717, 1.165) is 6.33 Å². The first kappa shape index (κ1) is 43.7. The van der Waals surface area contributed by atoms with Crippen LogP contribution in [0.25, 0.3) is 11.2 Å². The molecule has 3 aliphatic heterocycles. The van der Waals surface area contributed by atoms with Crippen molar-refractivity contribution in [2.24, 2.45) is 4.99 Å². The lowest BCUT2D eigenvalue weighted by atomic mass is 9.90. The molecule has 0 spiro atoms. The fourth-order valence-electron chi connectivity index (χ4n) is 7.22. The molecule has 11 atom stereocenters. The van der Waals surface area contributed by atoms with Crippen LogP contribution < -0.4 is 10.9 Å². The number of aliphatic hydroxyl groups excluding tert-OH is 1. The molecular weight excluding hydrogens is 851 g/mol. The van der Waals surface area contributed by atoms with Crippen LogP contribution in [0, 0.1) is 11.3 Å². The predicted molar refractivity (Wildman–Crippen MR) is 211 cm³/mol. The molecule has 4 N–H and O–H groups in total. The molecule has 0 aliphatic carbocycles. The van der Waals surface area contributed by atoms with Crippen molar-refractivity contribution in [3.05, 3.63) is 70.9 Å². The number of anilines is 1. The summed E-state index contributed by atoms with van der Waals surface area (Å²) in [6.07, 6.45) is -3.68. The number of carbonyl (C=O) groups is 1. The zero-order valence-corrected chi connectivity index (χ0v) is 34.2. The number of nitrogens with zero attached hydrogens (tertiary/aromatic N) is 7. The Kier molecular flexibility index (Phi) is 14.2. The van der Waals surface area contributed by atoms with Crippen LogP contribution in [-0.2, 0) is 48.7 Å². The van der Waals surface area contributed by atoms with Crippen LogP contribution in [0.3, 0.4) is 0 Å². The van der Waals surface area contributed by atoms with Gasteiger partial charge in [0, 0.05) is 29.4 Å². The number of fused-ring (bicyclic) bond motifs is 2. The van der Waals surface area contributed by atoms with Crippen molar-refractivity contribution >= 4 is 61.6 Å². The number of aromatic nitrogens is 6. The molecule has 21 nitrogen and oxygen atoms in total. The largest absolute Gasteiger partial charge is 0.695 e. The Balaban J connectivity index is 1.05.